The summed E-state index contributed by atoms with van der Waals surface area (Å²) in [6.07, 6.45) is 1.67. The third-order valence-electron chi connectivity index (χ3n) is 4.95. The summed E-state index contributed by atoms with van der Waals surface area (Å²) >= 11 is 6.42. The van der Waals surface area contributed by atoms with Crippen molar-refractivity contribution >= 4 is 17.3 Å². The Hall–Kier alpha value is -2.71. The zero-order chi connectivity index (χ0) is 20.4. The van der Waals surface area contributed by atoms with Crippen molar-refractivity contribution in [2.75, 3.05) is 31.1 Å². The number of halogens is 1. The van der Waals surface area contributed by atoms with Gasteiger partial charge in [0.1, 0.15) is 5.02 Å². The number of benzene rings is 1. The Kier molecular flexibility index (Phi) is 5.64. The molecule has 1 aliphatic heterocycles. The van der Waals surface area contributed by atoms with Crippen molar-refractivity contribution in [2.24, 2.45) is 0 Å². The van der Waals surface area contributed by atoms with Crippen molar-refractivity contribution in [3.05, 3.63) is 63.7 Å². The number of para-hydroxylation sites is 1. The first-order chi connectivity index (χ1) is 14.0. The van der Waals surface area contributed by atoms with Crippen LogP contribution in [0.15, 0.2) is 45.7 Å². The molecule has 4 rings (SSSR count). The van der Waals surface area contributed by atoms with Gasteiger partial charge in [0.05, 0.1) is 24.1 Å². The van der Waals surface area contributed by atoms with Crippen LogP contribution >= 0.6 is 11.6 Å². The summed E-state index contributed by atoms with van der Waals surface area (Å²) in [5.41, 5.74) is 1.05. The SMILES string of the molecule is CC(C)c1nnc(CN2CCN(c3cnn(-c4ccccc4)c(=O)c3Cl)CC2)o1. The van der Waals surface area contributed by atoms with E-state index in [2.05, 4.69) is 25.1 Å². The molecule has 1 saturated heterocycles. The molecular formula is C20H23ClN6O2. The Bertz CT molecular complexity index is 1020. The Labute approximate surface area is 173 Å². The van der Waals surface area contributed by atoms with E-state index in [1.54, 1.807) is 6.20 Å². The van der Waals surface area contributed by atoms with Crippen molar-refractivity contribution < 1.29 is 4.42 Å². The van der Waals surface area contributed by atoms with Gasteiger partial charge < -0.3 is 9.32 Å². The maximum absolute atomic E-state index is 12.7. The minimum Gasteiger partial charge on any atom is -0.424 e. The zero-order valence-corrected chi connectivity index (χ0v) is 17.2. The molecule has 2 aromatic heterocycles. The first-order valence-electron chi connectivity index (χ1n) is 9.66. The monoisotopic (exact) mass is 414 g/mol. The first kappa shape index (κ1) is 19.6. The first-order valence-corrected chi connectivity index (χ1v) is 10.0. The lowest BCUT2D eigenvalue weighted by Crippen LogP contribution is -2.46. The van der Waals surface area contributed by atoms with E-state index in [1.807, 2.05) is 44.2 Å². The minimum absolute atomic E-state index is 0.191. The standard InChI is InChI=1S/C20H23ClN6O2/c1-14(2)19-24-23-17(29-19)13-25-8-10-26(11-9-25)16-12-22-27(20(28)18(16)21)15-6-4-3-5-7-15/h3-7,12,14H,8-11,13H2,1-2H3. The predicted molar refractivity (Wildman–Crippen MR) is 111 cm³/mol. The number of hydrogen-bond acceptors (Lipinski definition) is 7. The highest BCUT2D eigenvalue weighted by molar-refractivity contribution is 6.33. The molecule has 29 heavy (non-hydrogen) atoms. The van der Waals surface area contributed by atoms with E-state index in [9.17, 15) is 4.79 Å². The number of rotatable bonds is 5. The van der Waals surface area contributed by atoms with Gasteiger partial charge in [0.15, 0.2) is 0 Å². The van der Waals surface area contributed by atoms with Crippen LogP contribution in [0.3, 0.4) is 0 Å². The summed E-state index contributed by atoms with van der Waals surface area (Å²) in [6, 6.07) is 9.26. The molecule has 1 aromatic carbocycles. The lowest BCUT2D eigenvalue weighted by atomic mass is 10.2. The second-order valence-corrected chi connectivity index (χ2v) is 7.73. The molecule has 0 N–H and O–H groups in total. The van der Waals surface area contributed by atoms with E-state index in [-0.39, 0.29) is 16.5 Å². The Balaban J connectivity index is 1.43. The van der Waals surface area contributed by atoms with Gasteiger partial charge in [-0.3, -0.25) is 9.69 Å². The molecule has 3 aromatic rings. The van der Waals surface area contributed by atoms with Crippen molar-refractivity contribution in [1.82, 2.24) is 24.9 Å². The molecule has 9 heteroatoms. The highest BCUT2D eigenvalue weighted by Crippen LogP contribution is 2.23. The average Bonchev–Trinajstić information content (AvgIpc) is 3.20. The van der Waals surface area contributed by atoms with E-state index in [0.29, 0.717) is 29.7 Å². The summed E-state index contributed by atoms with van der Waals surface area (Å²) in [5, 5.41) is 12.7. The highest BCUT2D eigenvalue weighted by atomic mass is 35.5. The molecule has 152 valence electrons. The smallest absolute Gasteiger partial charge is 0.292 e. The zero-order valence-electron chi connectivity index (χ0n) is 16.5. The summed E-state index contributed by atoms with van der Waals surface area (Å²) in [7, 11) is 0. The fourth-order valence-corrected chi connectivity index (χ4v) is 3.55. The third-order valence-corrected chi connectivity index (χ3v) is 5.30. The van der Waals surface area contributed by atoms with Gasteiger partial charge in [-0.05, 0) is 12.1 Å². The Morgan fingerprint density at radius 1 is 1.10 bits per heavy atom. The van der Waals surface area contributed by atoms with Gasteiger partial charge in [-0.2, -0.15) is 9.78 Å². The van der Waals surface area contributed by atoms with E-state index < -0.39 is 0 Å². The number of hydrogen-bond donors (Lipinski definition) is 0. The quantitative estimate of drug-likeness (QED) is 0.634. The molecule has 1 aliphatic rings. The predicted octanol–water partition coefficient (Wildman–Crippen LogP) is 2.71. The molecule has 8 nitrogen and oxygen atoms in total. The number of piperazine rings is 1. The van der Waals surface area contributed by atoms with Gasteiger partial charge in [-0.25, -0.2) is 0 Å². The Morgan fingerprint density at radius 3 is 2.48 bits per heavy atom. The Morgan fingerprint density at radius 2 is 1.83 bits per heavy atom. The van der Waals surface area contributed by atoms with Crippen LogP contribution in [0.25, 0.3) is 5.69 Å². The van der Waals surface area contributed by atoms with Crippen LogP contribution in [0.1, 0.15) is 31.5 Å². The largest absolute Gasteiger partial charge is 0.424 e. The van der Waals surface area contributed by atoms with E-state index in [1.165, 1.54) is 4.68 Å². The summed E-state index contributed by atoms with van der Waals surface area (Å²) in [5.74, 6) is 1.52. The molecule has 0 aliphatic carbocycles. The summed E-state index contributed by atoms with van der Waals surface area (Å²) in [4.78, 5) is 17.0. The van der Waals surface area contributed by atoms with Crippen molar-refractivity contribution in [3.8, 4) is 5.69 Å². The van der Waals surface area contributed by atoms with E-state index in [4.69, 9.17) is 16.0 Å². The fourth-order valence-electron chi connectivity index (χ4n) is 3.30. The van der Waals surface area contributed by atoms with Crippen molar-refractivity contribution in [1.29, 1.82) is 0 Å². The van der Waals surface area contributed by atoms with Crippen LogP contribution in [-0.2, 0) is 6.54 Å². The topological polar surface area (TPSA) is 80.3 Å². The normalized spacial score (nSPS) is 15.2. The molecule has 0 radical (unpaired) electrons. The minimum atomic E-state index is -0.315. The lowest BCUT2D eigenvalue weighted by Gasteiger charge is -2.35. The molecule has 0 atom stereocenters. The fraction of sp³-hybridized carbons (Fsp3) is 0.400. The third kappa shape index (κ3) is 4.18. The van der Waals surface area contributed by atoms with E-state index in [0.717, 1.165) is 26.2 Å². The maximum atomic E-state index is 12.7. The van der Waals surface area contributed by atoms with Crippen LogP contribution in [-0.4, -0.2) is 51.1 Å². The molecule has 0 bridgehead atoms. The van der Waals surface area contributed by atoms with Crippen LogP contribution in [0.4, 0.5) is 5.69 Å². The highest BCUT2D eigenvalue weighted by Gasteiger charge is 2.23. The summed E-state index contributed by atoms with van der Waals surface area (Å²) in [6.45, 7) is 7.76. The van der Waals surface area contributed by atoms with Crippen molar-refractivity contribution in [2.45, 2.75) is 26.3 Å². The van der Waals surface area contributed by atoms with Crippen LogP contribution < -0.4 is 10.5 Å². The second-order valence-electron chi connectivity index (χ2n) is 7.35. The van der Waals surface area contributed by atoms with Gasteiger partial charge in [0.25, 0.3) is 5.56 Å². The second kappa shape index (κ2) is 8.34. The maximum Gasteiger partial charge on any atom is 0.292 e. The van der Waals surface area contributed by atoms with Crippen LogP contribution in [0, 0.1) is 0 Å². The molecule has 1 fully saturated rings. The molecule has 0 unspecified atom stereocenters. The van der Waals surface area contributed by atoms with Gasteiger partial charge in [-0.15, -0.1) is 10.2 Å². The van der Waals surface area contributed by atoms with Crippen molar-refractivity contribution in [3.63, 3.8) is 0 Å². The molecular weight excluding hydrogens is 392 g/mol. The van der Waals surface area contributed by atoms with Gasteiger partial charge >= 0.3 is 0 Å². The number of aromatic nitrogens is 4. The number of anilines is 1. The molecule has 3 heterocycles. The molecule has 0 spiro atoms. The average molecular weight is 415 g/mol. The molecule has 0 saturated carbocycles. The van der Waals surface area contributed by atoms with Crippen LogP contribution in [0.5, 0.6) is 0 Å². The lowest BCUT2D eigenvalue weighted by molar-refractivity contribution is 0.223. The van der Waals surface area contributed by atoms with E-state index >= 15 is 0 Å². The summed E-state index contributed by atoms with van der Waals surface area (Å²) < 4.78 is 7.02. The molecule has 0 amide bonds. The van der Waals surface area contributed by atoms with Gasteiger partial charge in [0.2, 0.25) is 11.8 Å². The number of nitrogens with zero attached hydrogens (tertiary/aromatic N) is 6. The van der Waals surface area contributed by atoms with Gasteiger partial charge in [-0.1, -0.05) is 43.6 Å². The van der Waals surface area contributed by atoms with Gasteiger partial charge in [0, 0.05) is 32.1 Å². The van der Waals surface area contributed by atoms with Crippen LogP contribution in [0.2, 0.25) is 5.02 Å².